The number of likely N-dealkylation sites (tertiary alicyclic amines) is 1. The molecule has 0 aromatic carbocycles. The second-order valence-corrected chi connectivity index (χ2v) is 5.76. The summed E-state index contributed by atoms with van der Waals surface area (Å²) in [6.45, 7) is 7.20. The van der Waals surface area contributed by atoms with E-state index in [4.69, 9.17) is 0 Å². The largest absolute Gasteiger partial charge is 0.480 e. The Hall–Kier alpha value is -1.10. The molecule has 1 aliphatic heterocycles. The van der Waals surface area contributed by atoms with Crippen molar-refractivity contribution in [3.63, 3.8) is 0 Å². The van der Waals surface area contributed by atoms with Gasteiger partial charge in [0.1, 0.15) is 6.04 Å². The normalized spacial score (nSPS) is 22.8. The van der Waals surface area contributed by atoms with Gasteiger partial charge in [0.25, 0.3) is 0 Å². The van der Waals surface area contributed by atoms with Crippen LogP contribution in [0.15, 0.2) is 0 Å². The fourth-order valence-corrected chi connectivity index (χ4v) is 2.46. The lowest BCUT2D eigenvalue weighted by Crippen LogP contribution is -2.52. The van der Waals surface area contributed by atoms with Crippen LogP contribution in [0.3, 0.4) is 0 Å². The second kappa shape index (κ2) is 7.48. The van der Waals surface area contributed by atoms with Crippen LogP contribution in [-0.2, 0) is 9.59 Å². The number of carbonyl (C=O) groups is 2. The number of hydrogen-bond acceptors (Lipinski definition) is 3. The smallest absolute Gasteiger partial charge is 0.320 e. The van der Waals surface area contributed by atoms with Crippen LogP contribution in [0.1, 0.15) is 46.5 Å². The minimum Gasteiger partial charge on any atom is -0.480 e. The lowest BCUT2D eigenvalue weighted by atomic mass is 10.1. The van der Waals surface area contributed by atoms with E-state index in [1.54, 1.807) is 6.92 Å². The fraction of sp³-hybridized carbons (Fsp3) is 0.857. The molecule has 1 saturated heterocycles. The highest BCUT2D eigenvalue weighted by Gasteiger charge is 2.33. The first-order valence-electron chi connectivity index (χ1n) is 7.19. The molecule has 0 spiro atoms. The Kier molecular flexibility index (Phi) is 6.28. The summed E-state index contributed by atoms with van der Waals surface area (Å²) < 4.78 is 0. The molecule has 5 heteroatoms. The number of carboxylic acid groups (broad SMARTS) is 1. The summed E-state index contributed by atoms with van der Waals surface area (Å²) in [5.41, 5.74) is 0. The number of hydrogen-bond donors (Lipinski definition) is 2. The van der Waals surface area contributed by atoms with E-state index in [1.165, 1.54) is 0 Å². The van der Waals surface area contributed by atoms with Gasteiger partial charge in [-0.25, -0.2) is 0 Å². The van der Waals surface area contributed by atoms with Gasteiger partial charge >= 0.3 is 5.97 Å². The molecule has 110 valence electrons. The van der Waals surface area contributed by atoms with Crippen LogP contribution in [0.5, 0.6) is 0 Å². The standard InChI is InChI=1S/C14H26N2O3/c1-10(2)9-15-13(17)11(3)16-8-6-4-5-7-12(16)14(18)19/h10-12H,4-9H2,1-3H3,(H,15,17)(H,18,19). The molecule has 5 nitrogen and oxygen atoms in total. The maximum Gasteiger partial charge on any atom is 0.320 e. The number of carbonyl (C=O) groups excluding carboxylic acids is 1. The van der Waals surface area contributed by atoms with Crippen molar-refractivity contribution in [3.05, 3.63) is 0 Å². The van der Waals surface area contributed by atoms with Crippen molar-refractivity contribution in [2.45, 2.75) is 58.5 Å². The number of amides is 1. The van der Waals surface area contributed by atoms with Crippen LogP contribution in [0.2, 0.25) is 0 Å². The lowest BCUT2D eigenvalue weighted by Gasteiger charge is -2.31. The Bertz CT molecular complexity index is 318. The molecule has 1 fully saturated rings. The molecule has 1 rings (SSSR count). The molecule has 2 atom stereocenters. The molecule has 19 heavy (non-hydrogen) atoms. The predicted octanol–water partition coefficient (Wildman–Crippen LogP) is 1.48. The molecule has 0 aromatic rings. The van der Waals surface area contributed by atoms with E-state index in [0.717, 1.165) is 19.3 Å². The molecule has 1 heterocycles. The molecule has 2 N–H and O–H groups in total. The first-order valence-corrected chi connectivity index (χ1v) is 7.19. The van der Waals surface area contributed by atoms with Crippen LogP contribution < -0.4 is 5.32 Å². The van der Waals surface area contributed by atoms with Crippen molar-refractivity contribution in [1.82, 2.24) is 10.2 Å². The van der Waals surface area contributed by atoms with E-state index in [1.807, 2.05) is 18.7 Å². The van der Waals surface area contributed by atoms with Crippen LogP contribution in [0.25, 0.3) is 0 Å². The maximum atomic E-state index is 12.1. The summed E-state index contributed by atoms with van der Waals surface area (Å²) in [4.78, 5) is 25.3. The summed E-state index contributed by atoms with van der Waals surface area (Å²) in [6, 6.07) is -0.903. The first-order chi connectivity index (χ1) is 8.93. The van der Waals surface area contributed by atoms with Gasteiger partial charge in [-0.3, -0.25) is 14.5 Å². The summed E-state index contributed by atoms with van der Waals surface area (Å²) in [7, 11) is 0. The monoisotopic (exact) mass is 270 g/mol. The van der Waals surface area contributed by atoms with E-state index in [-0.39, 0.29) is 11.9 Å². The van der Waals surface area contributed by atoms with Crippen LogP contribution in [-0.4, -0.2) is 47.1 Å². The molecule has 2 unspecified atom stereocenters. The lowest BCUT2D eigenvalue weighted by molar-refractivity contribution is -0.145. The predicted molar refractivity (Wildman–Crippen MR) is 73.9 cm³/mol. The van der Waals surface area contributed by atoms with Gasteiger partial charge in [-0.1, -0.05) is 26.7 Å². The molecule has 0 aliphatic carbocycles. The highest BCUT2D eigenvalue weighted by atomic mass is 16.4. The van der Waals surface area contributed by atoms with Gasteiger partial charge in [0.05, 0.1) is 6.04 Å². The highest BCUT2D eigenvalue weighted by Crippen LogP contribution is 2.19. The second-order valence-electron chi connectivity index (χ2n) is 5.76. The van der Waals surface area contributed by atoms with Crippen molar-refractivity contribution in [1.29, 1.82) is 0 Å². The van der Waals surface area contributed by atoms with Gasteiger partial charge in [-0.05, 0) is 32.2 Å². The molecule has 1 amide bonds. The Morgan fingerprint density at radius 2 is 1.95 bits per heavy atom. The number of aliphatic carboxylic acids is 1. The third kappa shape index (κ3) is 4.82. The summed E-state index contributed by atoms with van der Waals surface area (Å²) in [6.07, 6.45) is 3.57. The zero-order valence-electron chi connectivity index (χ0n) is 12.2. The Balaban J connectivity index is 2.66. The topological polar surface area (TPSA) is 69.6 Å². The van der Waals surface area contributed by atoms with E-state index >= 15 is 0 Å². The van der Waals surface area contributed by atoms with Gasteiger partial charge in [-0.2, -0.15) is 0 Å². The summed E-state index contributed by atoms with van der Waals surface area (Å²) >= 11 is 0. The van der Waals surface area contributed by atoms with Crippen molar-refractivity contribution in [3.8, 4) is 0 Å². The quantitative estimate of drug-likeness (QED) is 0.794. The third-order valence-electron chi connectivity index (χ3n) is 3.64. The van der Waals surface area contributed by atoms with Gasteiger partial charge in [0, 0.05) is 6.54 Å². The zero-order valence-corrected chi connectivity index (χ0v) is 12.2. The number of carboxylic acids is 1. The fourth-order valence-electron chi connectivity index (χ4n) is 2.46. The number of nitrogens with zero attached hydrogens (tertiary/aromatic N) is 1. The maximum absolute atomic E-state index is 12.1. The van der Waals surface area contributed by atoms with E-state index in [0.29, 0.717) is 25.4 Å². The Labute approximate surface area is 115 Å². The number of rotatable bonds is 5. The molecule has 0 bridgehead atoms. The molecule has 0 aromatic heterocycles. The average Bonchev–Trinajstić information content (AvgIpc) is 2.60. The zero-order chi connectivity index (χ0) is 14.4. The molecular formula is C14H26N2O3. The molecule has 0 saturated carbocycles. The van der Waals surface area contributed by atoms with E-state index in [2.05, 4.69) is 5.32 Å². The molecular weight excluding hydrogens is 244 g/mol. The Morgan fingerprint density at radius 3 is 2.53 bits per heavy atom. The van der Waals surface area contributed by atoms with Crippen LogP contribution >= 0.6 is 0 Å². The number of nitrogens with one attached hydrogen (secondary N) is 1. The van der Waals surface area contributed by atoms with Crippen molar-refractivity contribution >= 4 is 11.9 Å². The van der Waals surface area contributed by atoms with Crippen molar-refractivity contribution in [2.75, 3.05) is 13.1 Å². The van der Waals surface area contributed by atoms with Crippen LogP contribution in [0, 0.1) is 5.92 Å². The highest BCUT2D eigenvalue weighted by molar-refractivity contribution is 5.82. The third-order valence-corrected chi connectivity index (χ3v) is 3.64. The molecule has 0 radical (unpaired) electrons. The summed E-state index contributed by atoms with van der Waals surface area (Å²) in [5, 5.41) is 12.2. The van der Waals surface area contributed by atoms with E-state index < -0.39 is 12.0 Å². The molecule has 1 aliphatic rings. The van der Waals surface area contributed by atoms with Crippen molar-refractivity contribution in [2.24, 2.45) is 5.92 Å². The van der Waals surface area contributed by atoms with Gasteiger partial charge in [0.15, 0.2) is 0 Å². The average molecular weight is 270 g/mol. The van der Waals surface area contributed by atoms with Gasteiger partial charge < -0.3 is 10.4 Å². The summed E-state index contributed by atoms with van der Waals surface area (Å²) in [5.74, 6) is -0.484. The van der Waals surface area contributed by atoms with Gasteiger partial charge in [-0.15, -0.1) is 0 Å². The van der Waals surface area contributed by atoms with Gasteiger partial charge in [0.2, 0.25) is 5.91 Å². The Morgan fingerprint density at radius 1 is 1.26 bits per heavy atom. The van der Waals surface area contributed by atoms with Crippen LogP contribution in [0.4, 0.5) is 0 Å². The minimum atomic E-state index is -0.814. The first kappa shape index (κ1) is 16.0. The minimum absolute atomic E-state index is 0.0677. The SMILES string of the molecule is CC(C)CNC(=O)C(C)N1CCCCCC1C(=O)O. The van der Waals surface area contributed by atoms with E-state index in [9.17, 15) is 14.7 Å². The van der Waals surface area contributed by atoms with Crippen molar-refractivity contribution < 1.29 is 14.7 Å².